The van der Waals surface area contributed by atoms with E-state index in [0.29, 0.717) is 25.7 Å². The molecule has 0 aliphatic rings. The lowest BCUT2D eigenvalue weighted by atomic mass is 10.0. The maximum atomic E-state index is 13.1. The monoisotopic (exact) mass is 1440 g/mol. The molecule has 0 aromatic carbocycles. The molecule has 0 aliphatic carbocycles. The van der Waals surface area contributed by atoms with Crippen LogP contribution in [0.4, 0.5) is 0 Å². The molecule has 0 amide bonds. The maximum absolute atomic E-state index is 13.1. The van der Waals surface area contributed by atoms with E-state index in [2.05, 4.69) is 34.6 Å². The fourth-order valence-corrected chi connectivity index (χ4v) is 13.8. The van der Waals surface area contributed by atoms with E-state index in [9.17, 15) is 43.2 Å². The van der Waals surface area contributed by atoms with E-state index in [1.165, 1.54) is 244 Å². The lowest BCUT2D eigenvalue weighted by molar-refractivity contribution is -0.161. The van der Waals surface area contributed by atoms with Crippen LogP contribution in [0.2, 0.25) is 0 Å². The predicted octanol–water partition coefficient (Wildman–Crippen LogP) is 23.6. The van der Waals surface area contributed by atoms with Gasteiger partial charge in [-0.3, -0.25) is 37.3 Å². The molecule has 0 heterocycles. The highest BCUT2D eigenvalue weighted by Crippen LogP contribution is 2.45. The van der Waals surface area contributed by atoms with Crippen LogP contribution in [0.3, 0.4) is 0 Å². The van der Waals surface area contributed by atoms with Gasteiger partial charge >= 0.3 is 39.5 Å². The number of ether oxygens (including phenoxy) is 4. The second-order valence-electron chi connectivity index (χ2n) is 28.9. The lowest BCUT2D eigenvalue weighted by Gasteiger charge is -2.21. The first-order valence-electron chi connectivity index (χ1n) is 41.1. The van der Waals surface area contributed by atoms with Crippen molar-refractivity contribution in [1.82, 2.24) is 0 Å². The molecule has 0 bridgehead atoms. The second kappa shape index (κ2) is 72.0. The zero-order valence-electron chi connectivity index (χ0n) is 63.9. The van der Waals surface area contributed by atoms with Gasteiger partial charge in [0, 0.05) is 25.7 Å². The Labute approximate surface area is 600 Å². The normalized spacial score (nSPS) is 13.9. The lowest BCUT2D eigenvalue weighted by Crippen LogP contribution is -2.30. The Morgan fingerprint density at radius 1 is 0.276 bits per heavy atom. The first-order chi connectivity index (χ1) is 47.5. The van der Waals surface area contributed by atoms with Crippen molar-refractivity contribution < 1.29 is 80.2 Å². The first kappa shape index (κ1) is 96.1. The predicted molar refractivity (Wildman–Crippen MR) is 400 cm³/mol. The number of aliphatic hydroxyl groups excluding tert-OH is 1. The van der Waals surface area contributed by atoms with E-state index < -0.39 is 97.5 Å². The van der Waals surface area contributed by atoms with Crippen LogP contribution < -0.4 is 0 Å². The SMILES string of the molecule is CCCCCCCCCCCCCCCCCCC(=O)O[C@H](COC(=O)CCCCCCCCCCCCCCCCC)COP(=O)(O)OC[C@@H](O)COP(=O)(O)OC[C@@H](COC(=O)CCCCCCCCCCCCC(C)C)OC(=O)CCCCCCCCCCCCCCCC. The van der Waals surface area contributed by atoms with E-state index in [1.807, 2.05) is 0 Å². The molecular weight excluding hydrogens is 1280 g/mol. The van der Waals surface area contributed by atoms with Gasteiger partial charge in [0.05, 0.1) is 26.4 Å². The van der Waals surface area contributed by atoms with Gasteiger partial charge in [-0.25, -0.2) is 9.13 Å². The molecular formula is C79H154O17P2. The number of rotatable bonds is 79. The van der Waals surface area contributed by atoms with Gasteiger partial charge in [-0.05, 0) is 31.6 Å². The molecule has 0 saturated carbocycles. The summed E-state index contributed by atoms with van der Waals surface area (Å²) in [4.78, 5) is 73.0. The Kier molecular flexibility index (Phi) is 70.6. The van der Waals surface area contributed by atoms with Gasteiger partial charge in [-0.2, -0.15) is 0 Å². The van der Waals surface area contributed by atoms with Crippen LogP contribution in [-0.2, 0) is 65.4 Å². The summed E-state index contributed by atoms with van der Waals surface area (Å²) in [6, 6.07) is 0. The van der Waals surface area contributed by atoms with Crippen molar-refractivity contribution in [3.63, 3.8) is 0 Å². The van der Waals surface area contributed by atoms with Crippen LogP contribution in [0.1, 0.15) is 420 Å². The topological polar surface area (TPSA) is 237 Å². The molecule has 0 aromatic heterocycles. The van der Waals surface area contributed by atoms with Crippen molar-refractivity contribution in [2.45, 2.75) is 438 Å². The first-order valence-corrected chi connectivity index (χ1v) is 44.1. The van der Waals surface area contributed by atoms with Crippen molar-refractivity contribution in [2.75, 3.05) is 39.6 Å². The number of phosphoric ester groups is 2. The van der Waals surface area contributed by atoms with Crippen molar-refractivity contribution >= 4 is 39.5 Å². The fourth-order valence-electron chi connectivity index (χ4n) is 12.2. The van der Waals surface area contributed by atoms with Gasteiger partial charge < -0.3 is 33.8 Å². The standard InChI is InChI=1S/C79H154O17P2/c1-6-9-12-15-18-21-24-27-30-32-35-38-45-50-55-60-65-79(84)95-74(68-89-76(81)62-57-52-47-42-36-34-31-28-25-22-19-16-13-10-7-2)70-93-97(85,86)91-66-73(80)67-92-98(87,88)94-71-75(69-90-77(82)63-58-53-48-43-40-39-41-46-51-56-61-72(4)5)96-78(83)64-59-54-49-44-37-33-29-26-23-20-17-14-11-8-3/h72-75,80H,6-71H2,1-5H3,(H,85,86)(H,87,88)/t73-,74-,75-/m1/s1. The van der Waals surface area contributed by atoms with Gasteiger partial charge in [0.2, 0.25) is 0 Å². The quantitative estimate of drug-likeness (QED) is 0.0222. The molecule has 3 N–H and O–H groups in total. The number of aliphatic hydroxyl groups is 1. The number of hydrogen-bond donors (Lipinski definition) is 3. The molecule has 5 atom stereocenters. The third kappa shape index (κ3) is 72.4. The van der Waals surface area contributed by atoms with E-state index >= 15 is 0 Å². The summed E-state index contributed by atoms with van der Waals surface area (Å²) in [6.07, 6.45) is 62.2. The molecule has 17 nitrogen and oxygen atoms in total. The molecule has 19 heteroatoms. The molecule has 0 saturated heterocycles. The van der Waals surface area contributed by atoms with Crippen molar-refractivity contribution in [3.05, 3.63) is 0 Å². The Hall–Kier alpha value is -1.94. The number of carbonyl (C=O) groups excluding carboxylic acids is 4. The Bertz CT molecular complexity index is 1870. The second-order valence-corrected chi connectivity index (χ2v) is 31.8. The minimum absolute atomic E-state index is 0.108. The van der Waals surface area contributed by atoms with Gasteiger partial charge in [0.1, 0.15) is 19.3 Å². The van der Waals surface area contributed by atoms with Crippen LogP contribution in [0.15, 0.2) is 0 Å². The summed E-state index contributed by atoms with van der Waals surface area (Å²) in [5, 5.41) is 10.6. The molecule has 0 aliphatic heterocycles. The number of carbonyl (C=O) groups is 4. The van der Waals surface area contributed by atoms with E-state index in [4.69, 9.17) is 37.0 Å². The minimum atomic E-state index is -4.96. The van der Waals surface area contributed by atoms with Gasteiger partial charge in [-0.1, -0.05) is 369 Å². The number of unbranched alkanes of at least 4 members (excludes halogenated alkanes) is 51. The highest BCUT2D eigenvalue weighted by atomic mass is 31.2. The summed E-state index contributed by atoms with van der Waals surface area (Å²) in [5.74, 6) is -1.35. The Morgan fingerprint density at radius 3 is 0.694 bits per heavy atom. The Morgan fingerprint density at radius 2 is 0.469 bits per heavy atom. The van der Waals surface area contributed by atoms with Gasteiger partial charge in [-0.15, -0.1) is 0 Å². The van der Waals surface area contributed by atoms with Crippen LogP contribution in [-0.4, -0.2) is 96.7 Å². The number of hydrogen-bond acceptors (Lipinski definition) is 15. The van der Waals surface area contributed by atoms with Crippen LogP contribution in [0.25, 0.3) is 0 Å². The number of phosphoric acid groups is 2. The molecule has 0 radical (unpaired) electrons. The third-order valence-corrected chi connectivity index (χ3v) is 20.4. The average molecular weight is 1440 g/mol. The summed E-state index contributed by atoms with van der Waals surface area (Å²) in [7, 11) is -9.92. The summed E-state index contributed by atoms with van der Waals surface area (Å²) < 4.78 is 68.7. The van der Waals surface area contributed by atoms with Crippen molar-refractivity contribution in [1.29, 1.82) is 0 Å². The fraction of sp³-hybridized carbons (Fsp3) is 0.949. The molecule has 0 spiro atoms. The zero-order chi connectivity index (χ0) is 71.9. The van der Waals surface area contributed by atoms with Gasteiger partial charge in [0.25, 0.3) is 0 Å². The molecule has 0 fully saturated rings. The smallest absolute Gasteiger partial charge is 0.462 e. The zero-order valence-corrected chi connectivity index (χ0v) is 65.7. The third-order valence-electron chi connectivity index (χ3n) is 18.5. The largest absolute Gasteiger partial charge is 0.472 e. The molecule has 2 unspecified atom stereocenters. The summed E-state index contributed by atoms with van der Waals surface area (Å²) in [5.41, 5.74) is 0. The van der Waals surface area contributed by atoms with Crippen molar-refractivity contribution in [3.8, 4) is 0 Å². The molecule has 582 valence electrons. The van der Waals surface area contributed by atoms with Crippen LogP contribution >= 0.6 is 15.6 Å². The van der Waals surface area contributed by atoms with E-state index in [-0.39, 0.29) is 25.7 Å². The van der Waals surface area contributed by atoms with Crippen LogP contribution in [0.5, 0.6) is 0 Å². The average Bonchev–Trinajstić information content (AvgIpc) is 1.02. The van der Waals surface area contributed by atoms with Crippen molar-refractivity contribution in [2.24, 2.45) is 5.92 Å². The Balaban J connectivity index is 5.27. The van der Waals surface area contributed by atoms with Gasteiger partial charge in [0.15, 0.2) is 12.2 Å². The van der Waals surface area contributed by atoms with E-state index in [0.717, 1.165) is 95.8 Å². The molecule has 0 rings (SSSR count). The molecule has 0 aromatic rings. The van der Waals surface area contributed by atoms with Crippen LogP contribution in [0, 0.1) is 5.92 Å². The highest BCUT2D eigenvalue weighted by Gasteiger charge is 2.30. The minimum Gasteiger partial charge on any atom is -0.462 e. The maximum Gasteiger partial charge on any atom is 0.472 e. The highest BCUT2D eigenvalue weighted by molar-refractivity contribution is 7.47. The number of esters is 4. The van der Waals surface area contributed by atoms with E-state index in [1.54, 1.807) is 0 Å². The summed E-state index contributed by atoms with van der Waals surface area (Å²) >= 11 is 0. The molecule has 98 heavy (non-hydrogen) atoms. The summed E-state index contributed by atoms with van der Waals surface area (Å²) in [6.45, 7) is 7.32.